The number of thiophene rings is 1. The first-order valence-corrected chi connectivity index (χ1v) is 7.02. The van der Waals surface area contributed by atoms with Gasteiger partial charge in [0.15, 0.2) is 0 Å². The van der Waals surface area contributed by atoms with Gasteiger partial charge in [0, 0.05) is 15.8 Å². The van der Waals surface area contributed by atoms with Crippen molar-refractivity contribution in [1.29, 1.82) is 0 Å². The van der Waals surface area contributed by atoms with Crippen LogP contribution in [0.3, 0.4) is 0 Å². The van der Waals surface area contributed by atoms with E-state index in [9.17, 15) is 14.9 Å². The van der Waals surface area contributed by atoms with E-state index in [0.717, 1.165) is 11.3 Å². The summed E-state index contributed by atoms with van der Waals surface area (Å²) in [5.74, 6) is -0.427. The summed E-state index contributed by atoms with van der Waals surface area (Å²) in [5.41, 5.74) is -0.0878. The maximum absolute atomic E-state index is 12.0. The van der Waals surface area contributed by atoms with Crippen LogP contribution in [0.25, 0.3) is 0 Å². The number of nitrogens with zero attached hydrogens (tertiary/aromatic N) is 1. The summed E-state index contributed by atoms with van der Waals surface area (Å²) in [7, 11) is 0. The number of aryl methyl sites for hydroxylation is 1. The van der Waals surface area contributed by atoms with Crippen molar-refractivity contribution in [3.8, 4) is 0 Å². The molecule has 5 nitrogen and oxygen atoms in total. The first-order chi connectivity index (χ1) is 9.61. The van der Waals surface area contributed by atoms with Gasteiger partial charge in [0.1, 0.15) is 5.56 Å². The molecule has 0 aliphatic rings. The lowest BCUT2D eigenvalue weighted by atomic mass is 10.1. The van der Waals surface area contributed by atoms with Gasteiger partial charge < -0.3 is 5.32 Å². The quantitative estimate of drug-likeness (QED) is 0.679. The van der Waals surface area contributed by atoms with Crippen LogP contribution in [0, 0.1) is 10.1 Å². The molecule has 0 unspecified atom stereocenters. The van der Waals surface area contributed by atoms with Gasteiger partial charge in [-0.05, 0) is 24.6 Å². The third-order valence-electron chi connectivity index (χ3n) is 2.83. The molecule has 0 spiro atoms. The van der Waals surface area contributed by atoms with Gasteiger partial charge in [-0.2, -0.15) is 0 Å². The second-order valence-corrected chi connectivity index (χ2v) is 5.43. The fraction of sp³-hybridized carbons (Fsp3) is 0.214. The van der Waals surface area contributed by atoms with Gasteiger partial charge >= 0.3 is 0 Å². The Morgan fingerprint density at radius 1 is 1.25 bits per heavy atom. The molecule has 2 rings (SSSR count). The molecule has 0 atom stereocenters. The topological polar surface area (TPSA) is 72.2 Å². The van der Waals surface area contributed by atoms with Crippen LogP contribution < -0.4 is 5.32 Å². The molecule has 1 heterocycles. The summed E-state index contributed by atoms with van der Waals surface area (Å²) < 4.78 is 0. The van der Waals surface area contributed by atoms with Crippen molar-refractivity contribution in [2.45, 2.75) is 19.9 Å². The number of carbonyl (C=O) groups is 1. The largest absolute Gasteiger partial charge is 0.347 e. The number of benzene rings is 1. The highest BCUT2D eigenvalue weighted by molar-refractivity contribution is 7.11. The molecule has 0 fully saturated rings. The number of nitro benzene ring substituents is 1. The smallest absolute Gasteiger partial charge is 0.282 e. The number of hydrogen-bond donors (Lipinski definition) is 1. The van der Waals surface area contributed by atoms with Gasteiger partial charge in [0.05, 0.1) is 11.5 Å². The van der Waals surface area contributed by atoms with Crippen molar-refractivity contribution in [3.05, 3.63) is 61.8 Å². The highest BCUT2D eigenvalue weighted by Gasteiger charge is 2.18. The van der Waals surface area contributed by atoms with Crippen LogP contribution >= 0.6 is 11.3 Å². The third kappa shape index (κ3) is 3.21. The number of rotatable bonds is 5. The minimum absolute atomic E-state index is 0.0878. The summed E-state index contributed by atoms with van der Waals surface area (Å²) in [4.78, 5) is 24.6. The number of hydrogen-bond acceptors (Lipinski definition) is 4. The van der Waals surface area contributed by atoms with Crippen LogP contribution in [0.4, 0.5) is 5.69 Å². The third-order valence-corrected chi connectivity index (χ3v) is 4.06. The molecule has 0 radical (unpaired) electrons. The zero-order valence-corrected chi connectivity index (χ0v) is 11.8. The van der Waals surface area contributed by atoms with Crippen molar-refractivity contribution < 1.29 is 9.72 Å². The van der Waals surface area contributed by atoms with Gasteiger partial charge in [-0.1, -0.05) is 19.1 Å². The molecule has 6 heteroatoms. The molecular weight excluding hydrogens is 276 g/mol. The predicted octanol–water partition coefficient (Wildman–Crippen LogP) is 3.15. The van der Waals surface area contributed by atoms with Crippen molar-refractivity contribution in [2.24, 2.45) is 0 Å². The lowest BCUT2D eigenvalue weighted by Gasteiger charge is -2.04. The van der Waals surface area contributed by atoms with Gasteiger partial charge in [0.25, 0.3) is 11.6 Å². The Balaban J connectivity index is 2.07. The van der Waals surface area contributed by atoms with Crippen LogP contribution in [-0.4, -0.2) is 10.8 Å². The lowest BCUT2D eigenvalue weighted by molar-refractivity contribution is -0.385. The van der Waals surface area contributed by atoms with E-state index >= 15 is 0 Å². The van der Waals surface area contributed by atoms with E-state index in [1.54, 1.807) is 23.5 Å². The molecule has 1 N–H and O–H groups in total. The number of nitrogens with one attached hydrogen (secondary N) is 1. The minimum Gasteiger partial charge on any atom is -0.347 e. The maximum Gasteiger partial charge on any atom is 0.282 e. The van der Waals surface area contributed by atoms with Crippen molar-refractivity contribution in [3.63, 3.8) is 0 Å². The van der Waals surface area contributed by atoms with Crippen LogP contribution in [-0.2, 0) is 13.0 Å². The van der Waals surface area contributed by atoms with E-state index in [4.69, 9.17) is 0 Å². The lowest BCUT2D eigenvalue weighted by Crippen LogP contribution is -2.23. The zero-order valence-electron chi connectivity index (χ0n) is 11.0. The van der Waals surface area contributed by atoms with Crippen LogP contribution in [0.5, 0.6) is 0 Å². The Bertz CT molecular complexity index is 637. The molecule has 1 aromatic carbocycles. The second-order valence-electron chi connectivity index (χ2n) is 4.18. The van der Waals surface area contributed by atoms with E-state index in [-0.39, 0.29) is 11.3 Å². The molecule has 2 aromatic rings. The summed E-state index contributed by atoms with van der Waals surface area (Å²) in [6.45, 7) is 2.46. The Hall–Kier alpha value is -2.21. The SMILES string of the molecule is CCc1ccc(CNC(=O)c2ccccc2[N+](=O)[O-])s1. The van der Waals surface area contributed by atoms with E-state index in [2.05, 4.69) is 12.2 Å². The van der Waals surface area contributed by atoms with Crippen LogP contribution in [0.15, 0.2) is 36.4 Å². The molecule has 1 aromatic heterocycles. The standard InChI is InChI=1S/C14H14N2O3S/c1-2-10-7-8-11(20-10)9-15-14(17)12-5-3-4-6-13(12)16(18)19/h3-8H,2,9H2,1H3,(H,15,17). The fourth-order valence-electron chi connectivity index (χ4n) is 1.79. The highest BCUT2D eigenvalue weighted by Crippen LogP contribution is 2.19. The summed E-state index contributed by atoms with van der Waals surface area (Å²) in [5, 5.41) is 13.6. The Labute approximate surface area is 120 Å². The average Bonchev–Trinajstić information content (AvgIpc) is 2.92. The van der Waals surface area contributed by atoms with Gasteiger partial charge in [-0.3, -0.25) is 14.9 Å². The van der Waals surface area contributed by atoms with Gasteiger partial charge in [-0.15, -0.1) is 11.3 Å². The number of nitro groups is 1. The first kappa shape index (κ1) is 14.2. The van der Waals surface area contributed by atoms with E-state index in [1.807, 2.05) is 12.1 Å². The molecule has 0 saturated carbocycles. The van der Waals surface area contributed by atoms with E-state index in [0.29, 0.717) is 6.54 Å². The number of amides is 1. The summed E-state index contributed by atoms with van der Waals surface area (Å²) >= 11 is 1.63. The second kappa shape index (κ2) is 6.29. The molecule has 0 bridgehead atoms. The molecule has 0 aliphatic carbocycles. The molecule has 104 valence electrons. The Morgan fingerprint density at radius 3 is 2.60 bits per heavy atom. The van der Waals surface area contributed by atoms with E-state index in [1.165, 1.54) is 17.0 Å². The molecular formula is C14H14N2O3S. The van der Waals surface area contributed by atoms with Crippen LogP contribution in [0.1, 0.15) is 27.0 Å². The van der Waals surface area contributed by atoms with Crippen molar-refractivity contribution in [2.75, 3.05) is 0 Å². The summed E-state index contributed by atoms with van der Waals surface area (Å²) in [6, 6.07) is 9.93. The normalized spacial score (nSPS) is 10.2. The molecule has 1 amide bonds. The number of para-hydroxylation sites is 1. The average molecular weight is 290 g/mol. The monoisotopic (exact) mass is 290 g/mol. The molecule has 0 saturated heterocycles. The zero-order chi connectivity index (χ0) is 14.5. The maximum atomic E-state index is 12.0. The van der Waals surface area contributed by atoms with Gasteiger partial charge in [0.2, 0.25) is 0 Å². The summed E-state index contributed by atoms with van der Waals surface area (Å²) in [6.07, 6.45) is 0.961. The number of carbonyl (C=O) groups excluding carboxylic acids is 1. The van der Waals surface area contributed by atoms with Crippen molar-refractivity contribution >= 4 is 22.9 Å². The molecule has 0 aliphatic heterocycles. The van der Waals surface area contributed by atoms with Crippen LogP contribution in [0.2, 0.25) is 0 Å². The first-order valence-electron chi connectivity index (χ1n) is 6.21. The minimum atomic E-state index is -0.546. The van der Waals surface area contributed by atoms with Crippen molar-refractivity contribution in [1.82, 2.24) is 5.32 Å². The Morgan fingerprint density at radius 2 is 1.95 bits per heavy atom. The van der Waals surface area contributed by atoms with E-state index < -0.39 is 10.8 Å². The molecule has 20 heavy (non-hydrogen) atoms. The highest BCUT2D eigenvalue weighted by atomic mass is 32.1. The van der Waals surface area contributed by atoms with Gasteiger partial charge in [-0.25, -0.2) is 0 Å². The predicted molar refractivity (Wildman–Crippen MR) is 78.0 cm³/mol. The fourth-order valence-corrected chi connectivity index (χ4v) is 2.69. The Kier molecular flexibility index (Phi) is 4.47.